The van der Waals surface area contributed by atoms with Gasteiger partial charge in [0.05, 0.1) is 10.4 Å². The van der Waals surface area contributed by atoms with Crippen LogP contribution in [0.15, 0.2) is 41.9 Å². The number of carbonyl (C=O) groups excluding carboxylic acids is 2. The molecule has 0 radical (unpaired) electrons. The van der Waals surface area contributed by atoms with Crippen molar-refractivity contribution in [2.45, 2.75) is 0 Å². The summed E-state index contributed by atoms with van der Waals surface area (Å²) in [6.45, 7) is 0. The number of benzene rings is 1. The van der Waals surface area contributed by atoms with Crippen molar-refractivity contribution < 1.29 is 14.7 Å². The second kappa shape index (κ2) is 5.62. The van der Waals surface area contributed by atoms with Crippen LogP contribution in [-0.4, -0.2) is 26.3 Å². The first-order valence-electron chi connectivity index (χ1n) is 6.86. The second-order valence-corrected chi connectivity index (χ2v) is 6.83. The van der Waals surface area contributed by atoms with Crippen LogP contribution in [0, 0.1) is 0 Å². The number of thiazole rings is 1. The average molecular weight is 358 g/mol. The summed E-state index contributed by atoms with van der Waals surface area (Å²) < 4.78 is 1.92. The van der Waals surface area contributed by atoms with Crippen LogP contribution in [0.5, 0.6) is 5.75 Å². The lowest BCUT2D eigenvalue weighted by Crippen LogP contribution is -2.41. The quantitative estimate of drug-likeness (QED) is 0.480. The molecule has 0 saturated heterocycles. The number of hydrogen-bond donors (Lipinski definition) is 3. The molecule has 0 fully saturated rings. The maximum Gasteiger partial charge on any atom is 0.279 e. The summed E-state index contributed by atoms with van der Waals surface area (Å²) >= 11 is 2.78. The highest BCUT2D eigenvalue weighted by atomic mass is 32.1. The minimum atomic E-state index is -0.512. The standard InChI is InChI=1S/C15H10N4O3S2/c20-9-3-1-2-8(6-9)12(21)17-18-13(22)11-7-10-14(24-11)16-15-19(10)4-5-23-15/h1-7,20H,(H,17,21)(H,18,22). The number of fused-ring (bicyclic) bond motifs is 3. The monoisotopic (exact) mass is 358 g/mol. The number of thiophene rings is 1. The molecule has 2 amide bonds. The molecule has 120 valence electrons. The third-order valence-corrected chi connectivity index (χ3v) is 5.13. The first-order chi connectivity index (χ1) is 11.6. The van der Waals surface area contributed by atoms with Gasteiger partial charge in [0.25, 0.3) is 11.8 Å². The van der Waals surface area contributed by atoms with E-state index in [-0.39, 0.29) is 11.3 Å². The minimum absolute atomic E-state index is 0.0196. The summed E-state index contributed by atoms with van der Waals surface area (Å²) in [6, 6.07) is 7.60. The maximum atomic E-state index is 12.2. The summed E-state index contributed by atoms with van der Waals surface area (Å²) in [5.74, 6) is -0.952. The third-order valence-electron chi connectivity index (χ3n) is 3.36. The van der Waals surface area contributed by atoms with Crippen LogP contribution in [0.25, 0.3) is 15.3 Å². The zero-order chi connectivity index (χ0) is 16.7. The van der Waals surface area contributed by atoms with Gasteiger partial charge < -0.3 is 5.11 Å². The fourth-order valence-corrected chi connectivity index (χ4v) is 3.95. The number of phenols is 1. The lowest BCUT2D eigenvalue weighted by atomic mass is 10.2. The molecular weight excluding hydrogens is 348 g/mol. The number of hydrazine groups is 1. The molecule has 1 aromatic carbocycles. The van der Waals surface area contributed by atoms with E-state index in [1.54, 1.807) is 12.1 Å². The first-order valence-corrected chi connectivity index (χ1v) is 8.56. The van der Waals surface area contributed by atoms with Gasteiger partial charge in [-0.25, -0.2) is 4.98 Å². The Balaban J connectivity index is 1.49. The zero-order valence-corrected chi connectivity index (χ0v) is 13.6. The second-order valence-electron chi connectivity index (χ2n) is 4.93. The number of nitrogens with zero attached hydrogens (tertiary/aromatic N) is 2. The lowest BCUT2D eigenvalue weighted by Gasteiger charge is -2.06. The van der Waals surface area contributed by atoms with Crippen LogP contribution < -0.4 is 10.9 Å². The van der Waals surface area contributed by atoms with Crippen LogP contribution in [0.2, 0.25) is 0 Å². The Morgan fingerprint density at radius 3 is 2.83 bits per heavy atom. The van der Waals surface area contributed by atoms with Gasteiger partial charge in [-0.3, -0.25) is 24.8 Å². The van der Waals surface area contributed by atoms with Gasteiger partial charge in [-0.2, -0.15) is 0 Å². The van der Waals surface area contributed by atoms with Crippen LogP contribution >= 0.6 is 22.7 Å². The number of aromatic nitrogens is 2. The van der Waals surface area contributed by atoms with E-state index in [2.05, 4.69) is 15.8 Å². The van der Waals surface area contributed by atoms with E-state index in [0.717, 1.165) is 15.3 Å². The van der Waals surface area contributed by atoms with Gasteiger partial charge in [-0.1, -0.05) is 6.07 Å². The normalized spacial score (nSPS) is 11.0. The topological polar surface area (TPSA) is 95.7 Å². The van der Waals surface area contributed by atoms with Gasteiger partial charge in [0.15, 0.2) is 4.96 Å². The van der Waals surface area contributed by atoms with Crippen molar-refractivity contribution >= 4 is 49.8 Å². The Hall–Kier alpha value is -2.91. The van der Waals surface area contributed by atoms with Gasteiger partial charge in [0.1, 0.15) is 10.6 Å². The highest BCUT2D eigenvalue weighted by Gasteiger charge is 2.16. The molecule has 4 rings (SSSR count). The smallest absolute Gasteiger partial charge is 0.279 e. The van der Waals surface area contributed by atoms with E-state index in [9.17, 15) is 14.7 Å². The van der Waals surface area contributed by atoms with Gasteiger partial charge in [0.2, 0.25) is 0 Å². The van der Waals surface area contributed by atoms with Gasteiger partial charge in [-0.15, -0.1) is 22.7 Å². The Kier molecular flexibility index (Phi) is 3.44. The Morgan fingerprint density at radius 1 is 1.17 bits per heavy atom. The Bertz CT molecular complexity index is 1080. The largest absolute Gasteiger partial charge is 0.508 e. The fourth-order valence-electron chi connectivity index (χ4n) is 2.25. The molecule has 0 atom stereocenters. The molecule has 24 heavy (non-hydrogen) atoms. The number of nitrogens with one attached hydrogen (secondary N) is 2. The van der Waals surface area contributed by atoms with Gasteiger partial charge in [-0.05, 0) is 24.3 Å². The van der Waals surface area contributed by atoms with Crippen molar-refractivity contribution in [2.75, 3.05) is 0 Å². The lowest BCUT2D eigenvalue weighted by molar-refractivity contribution is 0.0849. The van der Waals surface area contributed by atoms with E-state index in [0.29, 0.717) is 4.88 Å². The molecule has 7 nitrogen and oxygen atoms in total. The summed E-state index contributed by atoms with van der Waals surface area (Å²) in [4.78, 5) is 30.7. The van der Waals surface area contributed by atoms with E-state index in [1.165, 1.54) is 40.9 Å². The van der Waals surface area contributed by atoms with Crippen molar-refractivity contribution in [1.82, 2.24) is 20.2 Å². The van der Waals surface area contributed by atoms with Crippen molar-refractivity contribution in [3.63, 3.8) is 0 Å². The van der Waals surface area contributed by atoms with Gasteiger partial charge >= 0.3 is 0 Å². The van der Waals surface area contributed by atoms with Crippen molar-refractivity contribution in [1.29, 1.82) is 0 Å². The SMILES string of the molecule is O=C(NNC(=O)c1cc2c(nc3sccn32)s1)c1cccc(O)c1. The predicted octanol–water partition coefficient (Wildman–Crippen LogP) is 2.39. The first kappa shape index (κ1) is 14.7. The Morgan fingerprint density at radius 2 is 2.00 bits per heavy atom. The van der Waals surface area contributed by atoms with Gasteiger partial charge in [0, 0.05) is 17.1 Å². The van der Waals surface area contributed by atoms with Crippen molar-refractivity contribution in [3.05, 3.63) is 52.3 Å². The number of imidazole rings is 1. The zero-order valence-electron chi connectivity index (χ0n) is 12.0. The predicted molar refractivity (Wildman–Crippen MR) is 91.5 cm³/mol. The minimum Gasteiger partial charge on any atom is -0.508 e. The molecule has 3 N–H and O–H groups in total. The molecule has 0 unspecified atom stereocenters. The van der Waals surface area contributed by atoms with Crippen LogP contribution in [0.1, 0.15) is 20.0 Å². The molecule has 0 aliphatic rings. The van der Waals surface area contributed by atoms with E-state index in [4.69, 9.17) is 0 Å². The fraction of sp³-hybridized carbons (Fsp3) is 0. The molecule has 4 aromatic rings. The number of hydrogen-bond acceptors (Lipinski definition) is 6. The molecule has 0 spiro atoms. The molecule has 9 heteroatoms. The molecule has 3 aromatic heterocycles. The van der Waals surface area contributed by atoms with Crippen molar-refractivity contribution in [3.8, 4) is 5.75 Å². The molecule has 3 heterocycles. The maximum absolute atomic E-state index is 12.2. The summed E-state index contributed by atoms with van der Waals surface area (Å²) in [7, 11) is 0. The van der Waals surface area contributed by atoms with E-state index < -0.39 is 11.8 Å². The summed E-state index contributed by atoms with van der Waals surface area (Å²) in [5.41, 5.74) is 5.80. The molecule has 0 aliphatic carbocycles. The number of phenolic OH excluding ortho intramolecular Hbond substituents is 1. The number of aromatic hydroxyl groups is 1. The average Bonchev–Trinajstić information content (AvgIpc) is 3.24. The molecule has 0 saturated carbocycles. The highest BCUT2D eigenvalue weighted by Crippen LogP contribution is 2.28. The van der Waals surface area contributed by atoms with Crippen molar-refractivity contribution in [2.24, 2.45) is 0 Å². The summed E-state index contributed by atoms with van der Waals surface area (Å²) in [6.07, 6.45) is 1.90. The van der Waals surface area contributed by atoms with Crippen LogP contribution in [0.3, 0.4) is 0 Å². The molecule has 0 aliphatic heterocycles. The number of amides is 2. The van der Waals surface area contributed by atoms with E-state index >= 15 is 0 Å². The summed E-state index contributed by atoms with van der Waals surface area (Å²) in [5, 5.41) is 11.3. The van der Waals surface area contributed by atoms with E-state index in [1.807, 2.05) is 16.0 Å². The number of rotatable bonds is 2. The van der Waals surface area contributed by atoms with Crippen LogP contribution in [0.4, 0.5) is 0 Å². The Labute approximate surface area is 143 Å². The molecular formula is C15H10N4O3S2. The van der Waals surface area contributed by atoms with Crippen LogP contribution in [-0.2, 0) is 0 Å². The highest BCUT2D eigenvalue weighted by molar-refractivity contribution is 7.21. The third kappa shape index (κ3) is 2.49. The molecule has 0 bridgehead atoms. The number of carbonyl (C=O) groups is 2.